The van der Waals surface area contributed by atoms with Gasteiger partial charge in [-0.2, -0.15) is 0 Å². The summed E-state index contributed by atoms with van der Waals surface area (Å²) in [6, 6.07) is 17.1. The van der Waals surface area contributed by atoms with Crippen LogP contribution in [0.1, 0.15) is 30.7 Å². The van der Waals surface area contributed by atoms with Crippen LogP contribution in [0.3, 0.4) is 0 Å². The van der Waals surface area contributed by atoms with Gasteiger partial charge in [0.1, 0.15) is 11.5 Å². The van der Waals surface area contributed by atoms with Gasteiger partial charge in [-0.25, -0.2) is 15.0 Å². The third kappa shape index (κ3) is 3.68. The highest BCUT2D eigenvalue weighted by Gasteiger charge is 2.19. The molecule has 4 rings (SSSR count). The first kappa shape index (κ1) is 16.9. The second-order valence-corrected chi connectivity index (χ2v) is 7.42. The summed E-state index contributed by atoms with van der Waals surface area (Å²) in [7, 11) is 0. The van der Waals surface area contributed by atoms with Gasteiger partial charge < -0.3 is 4.90 Å². The van der Waals surface area contributed by atoms with E-state index in [0.717, 1.165) is 36.7 Å². The normalized spacial score (nSPS) is 17.7. The van der Waals surface area contributed by atoms with Crippen LogP contribution in [0.2, 0.25) is 0 Å². The SMILES string of the molecule is C=Nc1nc(-c2cccc(N3CCCC(c4ccccc4)CC3)n2)cs1. The zero-order valence-corrected chi connectivity index (χ0v) is 15.5. The minimum absolute atomic E-state index is 0.643. The summed E-state index contributed by atoms with van der Waals surface area (Å²) in [6.45, 7) is 5.63. The van der Waals surface area contributed by atoms with Gasteiger partial charge in [0.25, 0.3) is 0 Å². The van der Waals surface area contributed by atoms with Crippen molar-refractivity contribution in [3.63, 3.8) is 0 Å². The molecule has 3 aromatic rings. The number of aliphatic imine (C=N–C) groups is 1. The van der Waals surface area contributed by atoms with E-state index in [0.29, 0.717) is 11.0 Å². The van der Waals surface area contributed by atoms with Gasteiger partial charge in [-0.15, -0.1) is 11.3 Å². The monoisotopic (exact) mass is 362 g/mol. The molecule has 2 aromatic heterocycles. The molecule has 0 bridgehead atoms. The fourth-order valence-corrected chi connectivity index (χ4v) is 4.20. The van der Waals surface area contributed by atoms with Crippen molar-refractivity contribution in [2.75, 3.05) is 18.0 Å². The lowest BCUT2D eigenvalue weighted by Gasteiger charge is -2.22. The molecule has 5 heteroatoms. The van der Waals surface area contributed by atoms with Crippen LogP contribution in [-0.2, 0) is 0 Å². The largest absolute Gasteiger partial charge is 0.357 e. The summed E-state index contributed by atoms with van der Waals surface area (Å²) in [5.41, 5.74) is 3.23. The molecule has 1 aliphatic rings. The molecule has 0 N–H and O–H groups in total. The molecule has 1 aromatic carbocycles. The van der Waals surface area contributed by atoms with Crippen LogP contribution in [0.25, 0.3) is 11.4 Å². The third-order valence-electron chi connectivity index (χ3n) is 4.95. The minimum atomic E-state index is 0.643. The van der Waals surface area contributed by atoms with E-state index in [1.165, 1.54) is 29.7 Å². The third-order valence-corrected chi connectivity index (χ3v) is 5.72. The minimum Gasteiger partial charge on any atom is -0.357 e. The summed E-state index contributed by atoms with van der Waals surface area (Å²) in [6.07, 6.45) is 3.59. The van der Waals surface area contributed by atoms with Gasteiger partial charge in [0.15, 0.2) is 0 Å². The predicted molar refractivity (Wildman–Crippen MR) is 110 cm³/mol. The Labute approximate surface area is 158 Å². The van der Waals surface area contributed by atoms with Crippen LogP contribution < -0.4 is 4.90 Å². The predicted octanol–water partition coefficient (Wildman–Crippen LogP) is 5.31. The quantitative estimate of drug-likeness (QED) is 0.591. The van der Waals surface area contributed by atoms with Crippen molar-refractivity contribution in [2.24, 2.45) is 4.99 Å². The topological polar surface area (TPSA) is 41.4 Å². The number of aromatic nitrogens is 2. The summed E-state index contributed by atoms with van der Waals surface area (Å²) in [5.74, 6) is 1.68. The fourth-order valence-electron chi connectivity index (χ4n) is 3.58. The van der Waals surface area contributed by atoms with Crippen molar-refractivity contribution in [3.8, 4) is 11.4 Å². The number of benzene rings is 1. The molecule has 1 unspecified atom stereocenters. The van der Waals surface area contributed by atoms with E-state index in [2.05, 4.69) is 64.1 Å². The first-order valence-corrected chi connectivity index (χ1v) is 9.91. The Bertz CT molecular complexity index is 874. The number of nitrogens with zero attached hydrogens (tertiary/aromatic N) is 4. The number of hydrogen-bond donors (Lipinski definition) is 0. The second-order valence-electron chi connectivity index (χ2n) is 6.58. The van der Waals surface area contributed by atoms with Crippen LogP contribution in [0.15, 0.2) is 58.9 Å². The van der Waals surface area contributed by atoms with Crippen LogP contribution in [-0.4, -0.2) is 29.8 Å². The number of thiazole rings is 1. The molecule has 1 atom stereocenters. The maximum absolute atomic E-state index is 4.86. The molecule has 1 saturated heterocycles. The molecule has 26 heavy (non-hydrogen) atoms. The molecule has 1 fully saturated rings. The van der Waals surface area contributed by atoms with Crippen molar-refractivity contribution in [3.05, 3.63) is 59.5 Å². The molecule has 1 aliphatic heterocycles. The fraction of sp³-hybridized carbons (Fsp3) is 0.286. The molecular formula is C21H22N4S. The Morgan fingerprint density at radius 3 is 2.65 bits per heavy atom. The smallest absolute Gasteiger partial charge is 0.209 e. The van der Waals surface area contributed by atoms with Crippen molar-refractivity contribution in [1.82, 2.24) is 9.97 Å². The van der Waals surface area contributed by atoms with Crippen molar-refractivity contribution < 1.29 is 0 Å². The average molecular weight is 363 g/mol. The van der Waals surface area contributed by atoms with Crippen molar-refractivity contribution in [1.29, 1.82) is 0 Å². The zero-order chi connectivity index (χ0) is 17.8. The Morgan fingerprint density at radius 2 is 1.85 bits per heavy atom. The van der Waals surface area contributed by atoms with E-state index in [-0.39, 0.29) is 0 Å². The summed E-state index contributed by atoms with van der Waals surface area (Å²) >= 11 is 1.49. The molecule has 0 amide bonds. The zero-order valence-electron chi connectivity index (χ0n) is 14.7. The van der Waals surface area contributed by atoms with E-state index in [1.807, 2.05) is 11.4 Å². The molecule has 0 spiro atoms. The lowest BCUT2D eigenvalue weighted by atomic mass is 9.92. The molecule has 0 radical (unpaired) electrons. The number of rotatable bonds is 4. The highest BCUT2D eigenvalue weighted by Crippen LogP contribution is 2.31. The number of anilines is 1. The second kappa shape index (κ2) is 7.79. The van der Waals surface area contributed by atoms with Gasteiger partial charge in [-0.05, 0) is 49.6 Å². The summed E-state index contributed by atoms with van der Waals surface area (Å²) in [4.78, 5) is 15.6. The van der Waals surface area contributed by atoms with E-state index < -0.39 is 0 Å². The van der Waals surface area contributed by atoms with Gasteiger partial charge in [-0.3, -0.25) is 0 Å². The number of hydrogen-bond acceptors (Lipinski definition) is 5. The first-order chi connectivity index (χ1) is 12.8. The summed E-state index contributed by atoms with van der Waals surface area (Å²) < 4.78 is 0. The molecule has 3 heterocycles. The molecule has 4 nitrogen and oxygen atoms in total. The molecule has 0 aliphatic carbocycles. The van der Waals surface area contributed by atoms with Gasteiger partial charge >= 0.3 is 0 Å². The maximum atomic E-state index is 4.86. The highest BCUT2D eigenvalue weighted by molar-refractivity contribution is 7.13. The molecule has 132 valence electrons. The molecule has 0 saturated carbocycles. The van der Waals surface area contributed by atoms with Crippen LogP contribution >= 0.6 is 11.3 Å². The van der Waals surface area contributed by atoms with Gasteiger partial charge in [0.2, 0.25) is 5.13 Å². The standard InChI is InChI=1S/C21H22N4S/c1-22-21-24-19(15-26-21)18-10-5-11-20(23-18)25-13-6-9-17(12-14-25)16-7-3-2-4-8-16/h2-5,7-8,10-11,15,17H,1,6,9,12-14H2. The Balaban J connectivity index is 1.51. The van der Waals surface area contributed by atoms with E-state index in [4.69, 9.17) is 4.98 Å². The highest BCUT2D eigenvalue weighted by atomic mass is 32.1. The average Bonchev–Trinajstić information content (AvgIpc) is 3.05. The van der Waals surface area contributed by atoms with Gasteiger partial charge in [-0.1, -0.05) is 36.4 Å². The molecular weight excluding hydrogens is 340 g/mol. The Kier molecular flexibility index (Phi) is 5.07. The van der Waals surface area contributed by atoms with Crippen LogP contribution in [0.4, 0.5) is 10.9 Å². The Morgan fingerprint density at radius 1 is 0.962 bits per heavy atom. The van der Waals surface area contributed by atoms with Gasteiger partial charge in [0.05, 0.1) is 5.69 Å². The Hall–Kier alpha value is -2.53. The first-order valence-electron chi connectivity index (χ1n) is 9.03. The maximum Gasteiger partial charge on any atom is 0.209 e. The number of pyridine rings is 1. The van der Waals surface area contributed by atoms with E-state index in [1.54, 1.807) is 0 Å². The lowest BCUT2D eigenvalue weighted by molar-refractivity contribution is 0.612. The van der Waals surface area contributed by atoms with Crippen molar-refractivity contribution >= 4 is 29.0 Å². The lowest BCUT2D eigenvalue weighted by Crippen LogP contribution is -2.25. The van der Waals surface area contributed by atoms with Crippen LogP contribution in [0, 0.1) is 0 Å². The van der Waals surface area contributed by atoms with Gasteiger partial charge in [0, 0.05) is 18.5 Å². The van der Waals surface area contributed by atoms with E-state index in [9.17, 15) is 0 Å². The summed E-state index contributed by atoms with van der Waals surface area (Å²) in [5, 5.41) is 2.68. The van der Waals surface area contributed by atoms with Crippen molar-refractivity contribution in [2.45, 2.75) is 25.2 Å². The van der Waals surface area contributed by atoms with E-state index >= 15 is 0 Å². The van der Waals surface area contributed by atoms with Crippen LogP contribution in [0.5, 0.6) is 0 Å².